The molecule has 2 amide bonds. The lowest BCUT2D eigenvalue weighted by molar-refractivity contribution is -0.265. The quantitative estimate of drug-likeness (QED) is 0.272. The lowest BCUT2D eigenvalue weighted by atomic mass is 9.81. The Morgan fingerprint density at radius 3 is 2.59 bits per heavy atom. The summed E-state index contributed by atoms with van der Waals surface area (Å²) < 4.78 is 62.6. The summed E-state index contributed by atoms with van der Waals surface area (Å²) in [6, 6.07) is 6.86. The summed E-state index contributed by atoms with van der Waals surface area (Å²) in [6.07, 6.45) is -2.86. The minimum absolute atomic E-state index is 0.0291. The van der Waals surface area contributed by atoms with Crippen molar-refractivity contribution in [1.82, 2.24) is 25.3 Å². The first-order chi connectivity index (χ1) is 18.3. The molecular formula is C25H20F4N6O4. The number of H-pyrrole nitrogens is 1. The third-order valence-corrected chi connectivity index (χ3v) is 6.67. The van der Waals surface area contributed by atoms with E-state index in [1.54, 1.807) is 0 Å². The highest BCUT2D eigenvalue weighted by Gasteiger charge is 2.57. The first-order valence-electron chi connectivity index (χ1n) is 11.4. The molecule has 0 saturated carbocycles. The number of nitrogens with zero attached hydrogens (tertiary/aromatic N) is 3. The highest BCUT2D eigenvalue weighted by Crippen LogP contribution is 2.47. The van der Waals surface area contributed by atoms with Crippen LogP contribution in [0.25, 0.3) is 22.4 Å². The minimum Gasteiger partial charge on any atom is -0.489 e. The van der Waals surface area contributed by atoms with E-state index in [0.717, 1.165) is 24.4 Å². The number of hydrogen-bond acceptors (Lipinski definition) is 7. The maximum atomic E-state index is 14.5. The van der Waals surface area contributed by atoms with Crippen molar-refractivity contribution in [1.29, 1.82) is 0 Å². The summed E-state index contributed by atoms with van der Waals surface area (Å²) in [5.41, 5.74) is -0.103. The number of alkyl halides is 3. The molecule has 202 valence electrons. The number of nitrogens with one attached hydrogen (secondary N) is 2. The number of ether oxygens (including phenoxy) is 1. The van der Waals surface area contributed by atoms with E-state index in [1.165, 1.54) is 31.5 Å². The van der Waals surface area contributed by atoms with Gasteiger partial charge in [-0.25, -0.2) is 19.3 Å². The topological polar surface area (TPSA) is 156 Å². The fraction of sp³-hybridized carbons (Fsp3) is 0.240. The van der Waals surface area contributed by atoms with Crippen LogP contribution < -0.4 is 15.8 Å². The normalized spacial score (nSPS) is 18.3. The molecule has 0 unspecified atom stereocenters. The highest BCUT2D eigenvalue weighted by molar-refractivity contribution is 5.96. The lowest BCUT2D eigenvalue weighted by Gasteiger charge is -2.31. The van der Waals surface area contributed by atoms with Crippen molar-refractivity contribution in [2.24, 2.45) is 5.73 Å². The average molecular weight is 544 g/mol. The van der Waals surface area contributed by atoms with Crippen LogP contribution in [0.5, 0.6) is 5.75 Å². The molecule has 14 heteroatoms. The number of nitrogens with two attached hydrogens (primary N) is 1. The number of rotatable bonds is 6. The van der Waals surface area contributed by atoms with Crippen LogP contribution in [0.4, 0.5) is 17.6 Å². The van der Waals surface area contributed by atoms with Gasteiger partial charge in [-0.3, -0.25) is 9.59 Å². The first-order valence-corrected chi connectivity index (χ1v) is 11.4. The van der Waals surface area contributed by atoms with Crippen molar-refractivity contribution in [3.05, 3.63) is 71.6 Å². The van der Waals surface area contributed by atoms with Crippen LogP contribution in [0.15, 0.2) is 48.9 Å². The number of imidazole rings is 1. The molecule has 0 aliphatic carbocycles. The SMILES string of the molecule is C[C@]1(C(N)=O)COc2c1cc([C@@](O)(CNC(=O)c1cnc3[nH]cnc3c1)C(F)(F)F)nc2-c1ccc(F)cc1. The predicted octanol–water partition coefficient (Wildman–Crippen LogP) is 2.47. The van der Waals surface area contributed by atoms with Crippen molar-refractivity contribution < 1.29 is 37.0 Å². The van der Waals surface area contributed by atoms with Crippen LogP contribution in [0, 0.1) is 5.82 Å². The van der Waals surface area contributed by atoms with E-state index in [0.29, 0.717) is 11.2 Å². The van der Waals surface area contributed by atoms with E-state index in [2.05, 4.69) is 25.3 Å². The third-order valence-electron chi connectivity index (χ3n) is 6.67. The second kappa shape index (κ2) is 9.01. The van der Waals surface area contributed by atoms with Crippen molar-refractivity contribution in [2.75, 3.05) is 13.2 Å². The number of aromatic nitrogens is 4. The Morgan fingerprint density at radius 2 is 1.92 bits per heavy atom. The van der Waals surface area contributed by atoms with Crippen molar-refractivity contribution in [3.8, 4) is 17.0 Å². The molecule has 0 saturated heterocycles. The van der Waals surface area contributed by atoms with Gasteiger partial charge >= 0.3 is 6.18 Å². The van der Waals surface area contributed by atoms with Gasteiger partial charge in [0.25, 0.3) is 5.91 Å². The largest absolute Gasteiger partial charge is 0.489 e. The van der Waals surface area contributed by atoms with Crippen molar-refractivity contribution in [2.45, 2.75) is 24.1 Å². The van der Waals surface area contributed by atoms with Gasteiger partial charge in [0.05, 0.1) is 24.1 Å². The fourth-order valence-electron chi connectivity index (χ4n) is 4.20. The molecule has 4 aromatic rings. The molecule has 3 aromatic heterocycles. The molecule has 10 nitrogen and oxygen atoms in total. The van der Waals surface area contributed by atoms with E-state index in [1.807, 2.05) is 0 Å². The van der Waals surface area contributed by atoms with Gasteiger partial charge in [-0.2, -0.15) is 13.2 Å². The van der Waals surface area contributed by atoms with Gasteiger partial charge in [-0.15, -0.1) is 0 Å². The number of amides is 2. The van der Waals surface area contributed by atoms with Gasteiger partial charge in [0.1, 0.15) is 34.8 Å². The Morgan fingerprint density at radius 1 is 1.21 bits per heavy atom. The molecule has 1 aliphatic heterocycles. The number of hydrogen-bond donors (Lipinski definition) is 4. The molecule has 1 aliphatic rings. The fourth-order valence-corrected chi connectivity index (χ4v) is 4.20. The van der Waals surface area contributed by atoms with Crippen molar-refractivity contribution >= 4 is 23.0 Å². The number of halogens is 4. The van der Waals surface area contributed by atoms with E-state index >= 15 is 0 Å². The Labute approximate surface area is 217 Å². The van der Waals surface area contributed by atoms with Gasteiger partial charge in [0, 0.05) is 17.3 Å². The summed E-state index contributed by atoms with van der Waals surface area (Å²) in [6.45, 7) is -0.246. The van der Waals surface area contributed by atoms with Crippen LogP contribution in [-0.2, 0) is 15.8 Å². The second-order valence-corrected chi connectivity index (χ2v) is 9.26. The number of carbonyl (C=O) groups excluding carboxylic acids is 2. The molecule has 39 heavy (non-hydrogen) atoms. The Balaban J connectivity index is 1.59. The van der Waals surface area contributed by atoms with Crippen LogP contribution >= 0.6 is 0 Å². The molecule has 1 aromatic carbocycles. The summed E-state index contributed by atoms with van der Waals surface area (Å²) in [7, 11) is 0. The third kappa shape index (κ3) is 4.31. The van der Waals surface area contributed by atoms with Gasteiger partial charge in [0.2, 0.25) is 11.5 Å². The Bertz CT molecular complexity index is 1610. The van der Waals surface area contributed by atoms with Crippen LogP contribution in [-0.4, -0.2) is 56.2 Å². The number of carbonyl (C=O) groups is 2. The smallest absolute Gasteiger partial charge is 0.424 e. The molecule has 2 atom stereocenters. The summed E-state index contributed by atoms with van der Waals surface area (Å²) in [5.74, 6) is -2.47. The van der Waals surface area contributed by atoms with Crippen LogP contribution in [0.3, 0.4) is 0 Å². The highest BCUT2D eigenvalue weighted by atomic mass is 19.4. The zero-order chi connectivity index (χ0) is 28.2. The summed E-state index contributed by atoms with van der Waals surface area (Å²) >= 11 is 0. The first kappa shape index (κ1) is 26.0. The van der Waals surface area contributed by atoms with Gasteiger partial charge < -0.3 is 25.9 Å². The lowest BCUT2D eigenvalue weighted by Crippen LogP contribution is -2.51. The molecule has 4 heterocycles. The Kier molecular flexibility index (Phi) is 6.01. The number of benzene rings is 1. The summed E-state index contributed by atoms with van der Waals surface area (Å²) in [5, 5.41) is 13.1. The van der Waals surface area contributed by atoms with E-state index in [4.69, 9.17) is 10.5 Å². The zero-order valence-electron chi connectivity index (χ0n) is 20.1. The molecule has 0 bridgehead atoms. The van der Waals surface area contributed by atoms with E-state index < -0.39 is 47.1 Å². The minimum atomic E-state index is -5.34. The van der Waals surface area contributed by atoms with Crippen molar-refractivity contribution in [3.63, 3.8) is 0 Å². The molecule has 5 N–H and O–H groups in total. The monoisotopic (exact) mass is 544 g/mol. The molecular weight excluding hydrogens is 524 g/mol. The second-order valence-electron chi connectivity index (χ2n) is 9.26. The van der Waals surface area contributed by atoms with E-state index in [9.17, 15) is 32.3 Å². The molecule has 0 radical (unpaired) electrons. The molecule has 0 spiro atoms. The Hall–Kier alpha value is -4.59. The number of aromatic amines is 1. The zero-order valence-corrected chi connectivity index (χ0v) is 20.1. The number of pyridine rings is 2. The number of primary amides is 1. The predicted molar refractivity (Wildman–Crippen MR) is 128 cm³/mol. The maximum Gasteiger partial charge on any atom is 0.424 e. The standard InChI is InChI=1S/C25H20F4N6O4/c1-23(22(30)37)10-39-19-15(23)7-17(35-18(19)12-2-4-14(26)5-3-12)24(38,25(27,28)29)9-32-21(36)13-6-16-20(31-8-13)34-11-33-16/h2-8,11,38H,9-10H2,1H3,(H2,30,37)(H,32,36)(H,31,33,34)/t23-,24-/m0/s1. The number of aliphatic hydroxyl groups is 1. The average Bonchev–Trinajstić information content (AvgIpc) is 3.51. The maximum absolute atomic E-state index is 14.5. The number of fused-ring (bicyclic) bond motifs is 2. The van der Waals surface area contributed by atoms with Crippen LogP contribution in [0.2, 0.25) is 0 Å². The van der Waals surface area contributed by atoms with Crippen LogP contribution in [0.1, 0.15) is 28.5 Å². The van der Waals surface area contributed by atoms with Gasteiger partial charge in [-0.1, -0.05) is 0 Å². The van der Waals surface area contributed by atoms with Gasteiger partial charge in [0.15, 0.2) is 5.65 Å². The van der Waals surface area contributed by atoms with E-state index in [-0.39, 0.29) is 34.7 Å². The molecule has 0 fully saturated rings. The van der Waals surface area contributed by atoms with Gasteiger partial charge in [-0.05, 0) is 43.3 Å². The molecule has 5 rings (SSSR count). The summed E-state index contributed by atoms with van der Waals surface area (Å²) in [4.78, 5) is 39.7.